The van der Waals surface area contributed by atoms with Gasteiger partial charge in [-0.3, -0.25) is 14.4 Å². The number of hydrogen-bond acceptors (Lipinski definition) is 9. The quantitative estimate of drug-likeness (QED) is 0.253. The van der Waals surface area contributed by atoms with Crippen LogP contribution in [0.5, 0.6) is 17.2 Å². The van der Waals surface area contributed by atoms with Crippen LogP contribution in [0, 0.1) is 0 Å². The van der Waals surface area contributed by atoms with Gasteiger partial charge in [0.2, 0.25) is 23.0 Å². The molecule has 0 radical (unpaired) electrons. The van der Waals surface area contributed by atoms with Crippen LogP contribution in [-0.2, 0) is 20.7 Å². The molecule has 49 heavy (non-hydrogen) atoms. The van der Waals surface area contributed by atoms with Gasteiger partial charge in [-0.25, -0.2) is 4.79 Å². The third kappa shape index (κ3) is 9.79. The van der Waals surface area contributed by atoms with Gasteiger partial charge < -0.3 is 39.8 Å². The van der Waals surface area contributed by atoms with Gasteiger partial charge in [-0.2, -0.15) is 0 Å². The largest absolute Gasteiger partial charge is 0.493 e. The number of aryl methyl sites for hydroxylation is 1. The summed E-state index contributed by atoms with van der Waals surface area (Å²) in [5, 5.41) is 9.23. The first-order valence-corrected chi connectivity index (χ1v) is 17.1. The van der Waals surface area contributed by atoms with E-state index in [2.05, 4.69) is 16.0 Å². The van der Waals surface area contributed by atoms with Crippen molar-refractivity contribution >= 4 is 23.6 Å². The van der Waals surface area contributed by atoms with Crippen LogP contribution in [0.25, 0.3) is 11.1 Å². The Morgan fingerprint density at radius 1 is 0.898 bits per heavy atom. The minimum atomic E-state index is -0.546. The molecule has 0 unspecified atom stereocenters. The number of rotatable bonds is 12. The Morgan fingerprint density at radius 3 is 2.24 bits per heavy atom. The van der Waals surface area contributed by atoms with Crippen molar-refractivity contribution in [2.45, 2.75) is 96.7 Å². The van der Waals surface area contributed by atoms with Crippen molar-refractivity contribution in [2.24, 2.45) is 0 Å². The number of nitrogens with zero attached hydrogens (tertiary/aromatic N) is 1. The molecular formula is C37H52N4O8. The summed E-state index contributed by atoms with van der Waals surface area (Å²) in [7, 11) is 4.70. The van der Waals surface area contributed by atoms with Crippen LogP contribution >= 0.6 is 0 Å². The zero-order valence-corrected chi connectivity index (χ0v) is 30.0. The lowest BCUT2D eigenvalue weighted by molar-refractivity contribution is -0.132. The Bertz CT molecular complexity index is 1560. The molecule has 4 rings (SSSR count). The molecule has 1 heterocycles. The smallest absolute Gasteiger partial charge is 0.407 e. The first-order valence-electron chi connectivity index (χ1n) is 17.1. The Balaban J connectivity index is 1.36. The highest BCUT2D eigenvalue weighted by Gasteiger charge is 2.30. The van der Waals surface area contributed by atoms with Gasteiger partial charge in [0.15, 0.2) is 11.5 Å². The summed E-state index contributed by atoms with van der Waals surface area (Å²) in [6.07, 6.45) is 5.03. The third-order valence-corrected chi connectivity index (χ3v) is 8.87. The molecule has 12 nitrogen and oxygen atoms in total. The normalized spacial score (nSPS) is 16.0. The standard InChI is InChI=1S/C37H52N4O8/c1-23(42)39-28-14-12-24-21-31(46-5)34(47-6)35(48-7)33(24)26-13-15-29(30(43)22-27(26)28)38-18-10-8-9-11-32(44)41-19-16-25(17-20-41)40-36(45)49-37(2,3)4/h13,15,21-22,25,28H,8-12,14,16-20H2,1-7H3,(H,38,43)(H,39,42)(H,40,45)/t28-/m1/s1. The number of amides is 3. The molecule has 2 aromatic carbocycles. The number of carbonyl (C=O) groups is 3. The van der Waals surface area contributed by atoms with E-state index < -0.39 is 11.7 Å². The van der Waals surface area contributed by atoms with Crippen LogP contribution in [0.3, 0.4) is 0 Å². The van der Waals surface area contributed by atoms with E-state index in [1.165, 1.54) is 6.92 Å². The molecular weight excluding hydrogens is 628 g/mol. The molecule has 1 aliphatic carbocycles. The number of fused-ring (bicyclic) bond motifs is 3. The van der Waals surface area contributed by atoms with Crippen molar-refractivity contribution in [3.63, 3.8) is 0 Å². The van der Waals surface area contributed by atoms with Crippen LogP contribution in [0.1, 0.15) is 89.8 Å². The number of piperidine rings is 1. The van der Waals surface area contributed by atoms with Crippen molar-refractivity contribution in [1.29, 1.82) is 0 Å². The average molecular weight is 681 g/mol. The average Bonchev–Trinajstić information content (AvgIpc) is 3.29. The summed E-state index contributed by atoms with van der Waals surface area (Å²) in [6.45, 7) is 8.76. The summed E-state index contributed by atoms with van der Waals surface area (Å²) in [6, 6.07) is 6.84. The van der Waals surface area contributed by atoms with Gasteiger partial charge >= 0.3 is 6.09 Å². The Hall–Kier alpha value is -4.48. The van der Waals surface area contributed by atoms with E-state index in [1.54, 1.807) is 33.5 Å². The second-order valence-electron chi connectivity index (χ2n) is 13.6. The molecule has 2 aromatic rings. The van der Waals surface area contributed by atoms with Crippen molar-refractivity contribution in [2.75, 3.05) is 46.3 Å². The molecule has 1 atom stereocenters. The molecule has 12 heteroatoms. The lowest BCUT2D eigenvalue weighted by Crippen LogP contribution is -2.47. The number of anilines is 1. The summed E-state index contributed by atoms with van der Waals surface area (Å²) in [4.78, 5) is 52.5. The Kier molecular flexibility index (Phi) is 12.8. The van der Waals surface area contributed by atoms with Crippen molar-refractivity contribution in [3.8, 4) is 28.4 Å². The van der Waals surface area contributed by atoms with Crippen LogP contribution in [0.4, 0.5) is 10.5 Å². The SMILES string of the molecule is COc1cc2c(c(OC)c1OC)-c1ccc(NCCCCCC(=O)N3CCC(NC(=O)OC(C)(C)C)CC3)c(=O)cc1[C@H](NC(C)=O)CC2. The summed E-state index contributed by atoms with van der Waals surface area (Å²) < 4.78 is 22.5. The van der Waals surface area contributed by atoms with Crippen molar-refractivity contribution < 1.29 is 33.3 Å². The zero-order chi connectivity index (χ0) is 35.7. The molecule has 1 aliphatic heterocycles. The van der Waals surface area contributed by atoms with Gasteiger partial charge in [0, 0.05) is 44.6 Å². The highest BCUT2D eigenvalue weighted by atomic mass is 16.6. The third-order valence-electron chi connectivity index (χ3n) is 8.87. The number of unbranched alkanes of at least 4 members (excludes halogenated alkanes) is 2. The van der Waals surface area contributed by atoms with Gasteiger partial charge in [-0.15, -0.1) is 0 Å². The van der Waals surface area contributed by atoms with E-state index in [-0.39, 0.29) is 29.3 Å². The molecule has 268 valence electrons. The van der Waals surface area contributed by atoms with E-state index in [4.69, 9.17) is 18.9 Å². The predicted molar refractivity (Wildman–Crippen MR) is 189 cm³/mol. The maximum atomic E-state index is 13.5. The highest BCUT2D eigenvalue weighted by Crippen LogP contribution is 2.50. The fraction of sp³-hybridized carbons (Fsp3) is 0.568. The first kappa shape index (κ1) is 37.3. The molecule has 3 amide bonds. The summed E-state index contributed by atoms with van der Waals surface area (Å²) in [5.74, 6) is 1.45. The van der Waals surface area contributed by atoms with E-state index in [1.807, 2.05) is 37.8 Å². The van der Waals surface area contributed by atoms with E-state index in [9.17, 15) is 19.2 Å². The Morgan fingerprint density at radius 2 is 1.61 bits per heavy atom. The Labute approximate surface area is 289 Å². The molecule has 0 saturated carbocycles. The van der Waals surface area contributed by atoms with Gasteiger partial charge in [-0.1, -0.05) is 12.5 Å². The number of benzene rings is 1. The highest BCUT2D eigenvalue weighted by molar-refractivity contribution is 5.84. The number of nitrogens with one attached hydrogen (secondary N) is 3. The van der Waals surface area contributed by atoms with Crippen molar-refractivity contribution in [1.82, 2.24) is 15.5 Å². The molecule has 1 fully saturated rings. The molecule has 3 N–H and O–H groups in total. The number of alkyl carbamates (subject to hydrolysis) is 1. The molecule has 1 saturated heterocycles. The summed E-state index contributed by atoms with van der Waals surface area (Å²) >= 11 is 0. The topological polar surface area (TPSA) is 145 Å². The molecule has 2 aliphatic rings. The first-order chi connectivity index (χ1) is 23.3. The molecule has 0 aromatic heterocycles. The fourth-order valence-electron chi connectivity index (χ4n) is 6.56. The zero-order valence-electron chi connectivity index (χ0n) is 30.0. The van der Waals surface area contributed by atoms with Crippen molar-refractivity contribution in [3.05, 3.63) is 45.6 Å². The molecule has 0 spiro atoms. The second kappa shape index (κ2) is 16.8. The number of carbonyl (C=O) groups excluding carboxylic acids is 3. The predicted octanol–water partition coefficient (Wildman–Crippen LogP) is 5.35. The van der Waals surface area contributed by atoms with E-state index in [0.29, 0.717) is 80.2 Å². The fourth-order valence-corrected chi connectivity index (χ4v) is 6.56. The second-order valence-corrected chi connectivity index (χ2v) is 13.6. The monoisotopic (exact) mass is 680 g/mol. The number of hydrogen-bond donors (Lipinski definition) is 3. The lowest BCUT2D eigenvalue weighted by atomic mass is 9.95. The summed E-state index contributed by atoms with van der Waals surface area (Å²) in [5.41, 5.74) is 2.98. The molecule has 0 bridgehead atoms. The van der Waals surface area contributed by atoms with Gasteiger partial charge in [0.25, 0.3) is 0 Å². The van der Waals surface area contributed by atoms with Gasteiger partial charge in [0.05, 0.1) is 33.1 Å². The van der Waals surface area contributed by atoms with E-state index in [0.717, 1.165) is 36.0 Å². The van der Waals surface area contributed by atoms with Crippen LogP contribution < -0.4 is 35.6 Å². The maximum Gasteiger partial charge on any atom is 0.407 e. The number of ether oxygens (including phenoxy) is 4. The van der Waals surface area contributed by atoms with Crippen LogP contribution in [0.2, 0.25) is 0 Å². The minimum Gasteiger partial charge on any atom is -0.493 e. The van der Waals surface area contributed by atoms with E-state index >= 15 is 0 Å². The van der Waals surface area contributed by atoms with Crippen LogP contribution in [-0.4, -0.2) is 75.4 Å². The lowest BCUT2D eigenvalue weighted by Gasteiger charge is -2.33. The number of methoxy groups -OCH3 is 3. The minimum absolute atomic E-state index is 0.00469. The van der Waals surface area contributed by atoms with Gasteiger partial charge in [-0.05, 0) is 94.2 Å². The van der Waals surface area contributed by atoms with Crippen LogP contribution in [0.15, 0.2) is 29.1 Å². The van der Waals surface area contributed by atoms with Gasteiger partial charge in [0.1, 0.15) is 5.60 Å². The maximum absolute atomic E-state index is 13.5. The number of likely N-dealkylation sites (tertiary alicyclic amines) is 1.